The molecule has 140 valence electrons. The number of hydrogen-bond acceptors (Lipinski definition) is 5. The molecule has 0 aliphatic carbocycles. The highest BCUT2D eigenvalue weighted by molar-refractivity contribution is 5.87. The summed E-state index contributed by atoms with van der Waals surface area (Å²) < 4.78 is 10.4. The lowest BCUT2D eigenvalue weighted by Gasteiger charge is -2.16. The summed E-state index contributed by atoms with van der Waals surface area (Å²) in [6.07, 6.45) is 0.0736. The first-order valence-corrected chi connectivity index (χ1v) is 8.35. The molecule has 0 spiro atoms. The molecule has 0 radical (unpaired) electrons. The monoisotopic (exact) mass is 361 g/mol. The molecule has 2 rings (SSSR count). The van der Waals surface area contributed by atoms with Gasteiger partial charge in [-0.2, -0.15) is 0 Å². The number of hydrogen-bond donors (Lipinski definition) is 2. The molecule has 0 bridgehead atoms. The van der Waals surface area contributed by atoms with E-state index in [2.05, 4.69) is 5.32 Å². The number of amides is 1. The summed E-state index contributed by atoms with van der Waals surface area (Å²) in [4.78, 5) is 35.8. The molecule has 1 heterocycles. The minimum Gasteiger partial charge on any atom is -0.497 e. The third kappa shape index (κ3) is 4.41. The Bertz CT molecular complexity index is 883. The lowest BCUT2D eigenvalue weighted by atomic mass is 10.0. The first kappa shape index (κ1) is 19.5. The maximum absolute atomic E-state index is 12.3. The summed E-state index contributed by atoms with van der Waals surface area (Å²) in [6, 6.07) is 4.12. The molecule has 2 N–H and O–H groups in total. The van der Waals surface area contributed by atoms with Crippen LogP contribution in [0.4, 0.5) is 0 Å². The molecule has 0 unspecified atom stereocenters. The average Bonchev–Trinajstić information content (AvgIpc) is 2.57. The maximum atomic E-state index is 12.3. The van der Waals surface area contributed by atoms with E-state index >= 15 is 0 Å². The fraction of sp³-hybridized carbons (Fsp3) is 0.421. The van der Waals surface area contributed by atoms with E-state index in [9.17, 15) is 19.5 Å². The number of methoxy groups -OCH3 is 1. The molecule has 1 aromatic carbocycles. The van der Waals surface area contributed by atoms with Crippen LogP contribution in [0.25, 0.3) is 11.0 Å². The first-order chi connectivity index (χ1) is 12.2. The lowest BCUT2D eigenvalue weighted by Crippen LogP contribution is -2.42. The van der Waals surface area contributed by atoms with E-state index < -0.39 is 23.5 Å². The van der Waals surface area contributed by atoms with Gasteiger partial charge < -0.3 is 19.6 Å². The average molecular weight is 361 g/mol. The molecule has 0 aliphatic heterocycles. The van der Waals surface area contributed by atoms with Crippen LogP contribution in [0.5, 0.6) is 5.75 Å². The van der Waals surface area contributed by atoms with Crippen LogP contribution in [0.15, 0.2) is 27.4 Å². The number of aryl methyl sites for hydroxylation is 1. The number of ether oxygens (including phenoxy) is 1. The molecule has 0 fully saturated rings. The number of carboxylic acids is 1. The number of aliphatic carboxylic acids is 1. The molecule has 26 heavy (non-hydrogen) atoms. The Morgan fingerprint density at radius 1 is 1.31 bits per heavy atom. The number of carboxylic acid groups (broad SMARTS) is 1. The first-order valence-electron chi connectivity index (χ1n) is 8.35. The van der Waals surface area contributed by atoms with Gasteiger partial charge in [0.1, 0.15) is 17.4 Å². The normalized spacial score (nSPS) is 12.2. The van der Waals surface area contributed by atoms with Crippen molar-refractivity contribution in [1.82, 2.24) is 5.32 Å². The summed E-state index contributed by atoms with van der Waals surface area (Å²) in [5.41, 5.74) is 0.604. The van der Waals surface area contributed by atoms with Crippen LogP contribution in [-0.2, 0) is 16.0 Å². The largest absolute Gasteiger partial charge is 0.497 e. The highest BCUT2D eigenvalue weighted by atomic mass is 16.5. The number of nitrogens with one attached hydrogen (secondary N) is 1. The van der Waals surface area contributed by atoms with Crippen molar-refractivity contribution in [3.05, 3.63) is 39.7 Å². The van der Waals surface area contributed by atoms with E-state index in [0.29, 0.717) is 28.7 Å². The second-order valence-corrected chi connectivity index (χ2v) is 6.62. The highest BCUT2D eigenvalue weighted by Gasteiger charge is 2.23. The van der Waals surface area contributed by atoms with E-state index in [-0.39, 0.29) is 17.9 Å². The van der Waals surface area contributed by atoms with Crippen LogP contribution < -0.4 is 15.7 Å². The fourth-order valence-corrected chi connectivity index (χ4v) is 2.80. The molecule has 1 atom stereocenters. The van der Waals surface area contributed by atoms with Crippen LogP contribution in [0, 0.1) is 12.8 Å². The van der Waals surface area contributed by atoms with Gasteiger partial charge in [0.05, 0.1) is 19.1 Å². The minimum absolute atomic E-state index is 0.110. The predicted octanol–water partition coefficient (Wildman–Crippen LogP) is 2.27. The third-order valence-corrected chi connectivity index (χ3v) is 4.17. The minimum atomic E-state index is -1.10. The van der Waals surface area contributed by atoms with Crippen molar-refractivity contribution < 1.29 is 23.8 Å². The van der Waals surface area contributed by atoms with Crippen LogP contribution in [0.1, 0.15) is 31.4 Å². The summed E-state index contributed by atoms with van der Waals surface area (Å²) >= 11 is 0. The van der Waals surface area contributed by atoms with Crippen molar-refractivity contribution in [2.24, 2.45) is 5.92 Å². The van der Waals surface area contributed by atoms with Crippen molar-refractivity contribution in [3.63, 3.8) is 0 Å². The van der Waals surface area contributed by atoms with E-state index in [1.54, 1.807) is 25.1 Å². The fourth-order valence-electron chi connectivity index (χ4n) is 2.80. The molecular weight excluding hydrogens is 338 g/mol. The Labute approximate surface area is 151 Å². The van der Waals surface area contributed by atoms with Gasteiger partial charge in [-0.3, -0.25) is 4.79 Å². The number of benzene rings is 1. The maximum Gasteiger partial charge on any atom is 0.340 e. The van der Waals surface area contributed by atoms with Crippen LogP contribution >= 0.6 is 0 Å². The molecule has 1 amide bonds. The molecule has 2 aromatic rings. The molecule has 0 aliphatic rings. The Hall–Kier alpha value is -2.83. The van der Waals surface area contributed by atoms with Crippen molar-refractivity contribution in [2.75, 3.05) is 7.11 Å². The Morgan fingerprint density at radius 2 is 2.00 bits per heavy atom. The van der Waals surface area contributed by atoms with Gasteiger partial charge in [-0.25, -0.2) is 9.59 Å². The van der Waals surface area contributed by atoms with Crippen LogP contribution in [0.3, 0.4) is 0 Å². The Balaban J connectivity index is 2.28. The Kier molecular flexibility index (Phi) is 6.02. The number of carbonyl (C=O) groups excluding carboxylic acids is 1. The molecular formula is C19H23NO6. The Morgan fingerprint density at radius 3 is 2.58 bits per heavy atom. The van der Waals surface area contributed by atoms with Gasteiger partial charge in [-0.1, -0.05) is 13.8 Å². The van der Waals surface area contributed by atoms with E-state index in [1.807, 2.05) is 13.8 Å². The van der Waals surface area contributed by atoms with Gasteiger partial charge >= 0.3 is 11.6 Å². The van der Waals surface area contributed by atoms with E-state index in [4.69, 9.17) is 9.15 Å². The van der Waals surface area contributed by atoms with E-state index in [0.717, 1.165) is 0 Å². The topological polar surface area (TPSA) is 106 Å². The van der Waals surface area contributed by atoms with Gasteiger partial charge in [-0.15, -0.1) is 0 Å². The third-order valence-electron chi connectivity index (χ3n) is 4.17. The molecule has 0 saturated carbocycles. The second kappa shape index (κ2) is 8.03. The standard InChI is InChI=1S/C19H23NO6/c1-10(2)7-15(18(22)23)20-17(21)9-14-11(3)13-6-5-12(25-4)8-16(13)26-19(14)24/h5-6,8,10,15H,7,9H2,1-4H3,(H,20,21)(H,22,23)/t15-/m1/s1. The van der Waals surface area contributed by atoms with Gasteiger partial charge in [0.25, 0.3) is 0 Å². The highest BCUT2D eigenvalue weighted by Crippen LogP contribution is 2.24. The van der Waals surface area contributed by atoms with Crippen LogP contribution in [0.2, 0.25) is 0 Å². The summed E-state index contributed by atoms with van der Waals surface area (Å²) in [6.45, 7) is 5.48. The summed E-state index contributed by atoms with van der Waals surface area (Å²) in [5.74, 6) is -0.954. The number of rotatable bonds is 7. The molecule has 7 heteroatoms. The zero-order valence-corrected chi connectivity index (χ0v) is 15.3. The van der Waals surface area contributed by atoms with E-state index in [1.165, 1.54) is 7.11 Å². The zero-order chi connectivity index (χ0) is 19.4. The van der Waals surface area contributed by atoms with Gasteiger partial charge in [0.15, 0.2) is 0 Å². The van der Waals surface area contributed by atoms with Crippen molar-refractivity contribution >= 4 is 22.8 Å². The smallest absolute Gasteiger partial charge is 0.340 e. The van der Waals surface area contributed by atoms with Gasteiger partial charge in [0, 0.05) is 11.5 Å². The molecule has 7 nitrogen and oxygen atoms in total. The zero-order valence-electron chi connectivity index (χ0n) is 15.3. The van der Waals surface area contributed by atoms with Crippen molar-refractivity contribution in [1.29, 1.82) is 0 Å². The van der Waals surface area contributed by atoms with Gasteiger partial charge in [-0.05, 0) is 37.0 Å². The van der Waals surface area contributed by atoms with Crippen molar-refractivity contribution in [3.8, 4) is 5.75 Å². The number of carbonyl (C=O) groups is 2. The second-order valence-electron chi connectivity index (χ2n) is 6.62. The van der Waals surface area contributed by atoms with Crippen LogP contribution in [-0.4, -0.2) is 30.1 Å². The quantitative estimate of drug-likeness (QED) is 0.733. The summed E-state index contributed by atoms with van der Waals surface area (Å²) in [5, 5.41) is 12.4. The molecule has 1 aromatic heterocycles. The van der Waals surface area contributed by atoms with Gasteiger partial charge in [0.2, 0.25) is 5.91 Å². The predicted molar refractivity (Wildman–Crippen MR) is 96.5 cm³/mol. The lowest BCUT2D eigenvalue weighted by molar-refractivity contribution is -0.142. The summed E-state index contributed by atoms with van der Waals surface area (Å²) in [7, 11) is 1.51. The number of fused-ring (bicyclic) bond motifs is 1. The molecule has 0 saturated heterocycles. The SMILES string of the molecule is COc1ccc2c(C)c(CC(=O)N[C@H](CC(C)C)C(=O)O)c(=O)oc2c1. The van der Waals surface area contributed by atoms with Crippen molar-refractivity contribution in [2.45, 2.75) is 39.7 Å².